The van der Waals surface area contributed by atoms with Crippen LogP contribution >= 0.6 is 23.2 Å². The van der Waals surface area contributed by atoms with Gasteiger partial charge in [-0.25, -0.2) is 4.98 Å². The van der Waals surface area contributed by atoms with Gasteiger partial charge in [-0.1, -0.05) is 49.2 Å². The van der Waals surface area contributed by atoms with Gasteiger partial charge in [0.1, 0.15) is 11.6 Å². The zero-order valence-electron chi connectivity index (χ0n) is 17.6. The van der Waals surface area contributed by atoms with Gasteiger partial charge in [-0.05, 0) is 36.2 Å². The molecule has 3 aromatic rings. The molecule has 1 aromatic heterocycles. The van der Waals surface area contributed by atoms with Crippen LogP contribution in [0.1, 0.15) is 13.8 Å². The number of hydrogen-bond acceptors (Lipinski definition) is 6. The molecule has 6 nitrogen and oxygen atoms in total. The number of ether oxygens (including phenoxy) is 1. The first-order valence-electron chi connectivity index (χ1n) is 9.89. The molecule has 0 radical (unpaired) electrons. The minimum Gasteiger partial charge on any atom is -0.406 e. The third kappa shape index (κ3) is 7.12. The molecule has 0 bridgehead atoms. The number of rotatable bonds is 8. The van der Waals surface area contributed by atoms with Crippen molar-refractivity contribution in [2.75, 3.05) is 17.2 Å². The summed E-state index contributed by atoms with van der Waals surface area (Å²) in [5.41, 5.74) is 1.31. The van der Waals surface area contributed by atoms with E-state index in [4.69, 9.17) is 23.2 Å². The number of nitrogens with one attached hydrogen (secondary N) is 2. The van der Waals surface area contributed by atoms with Crippen molar-refractivity contribution in [3.05, 3.63) is 58.6 Å². The lowest BCUT2D eigenvalue weighted by Crippen LogP contribution is -2.30. The molecule has 1 heterocycles. The molecular weight excluding hydrogens is 480 g/mol. The van der Waals surface area contributed by atoms with Gasteiger partial charge < -0.3 is 20.5 Å². The third-order valence-corrected chi connectivity index (χ3v) is 5.34. The van der Waals surface area contributed by atoms with Crippen LogP contribution < -0.4 is 15.4 Å². The quantitative estimate of drug-likeness (QED) is 0.326. The first-order chi connectivity index (χ1) is 15.5. The van der Waals surface area contributed by atoms with Crippen LogP contribution in [0.15, 0.2) is 48.5 Å². The molecule has 0 amide bonds. The molecule has 2 aromatic carbocycles. The summed E-state index contributed by atoms with van der Waals surface area (Å²) in [6, 6.07) is 11.6. The van der Waals surface area contributed by atoms with Crippen LogP contribution in [0.4, 0.5) is 30.6 Å². The molecule has 0 aliphatic rings. The van der Waals surface area contributed by atoms with E-state index in [9.17, 15) is 18.3 Å². The largest absolute Gasteiger partial charge is 0.573 e. The van der Waals surface area contributed by atoms with Crippen molar-refractivity contribution in [2.24, 2.45) is 5.92 Å². The molecule has 0 spiro atoms. The molecule has 3 rings (SSSR count). The molecule has 0 aliphatic carbocycles. The van der Waals surface area contributed by atoms with Crippen LogP contribution in [-0.2, 0) is 0 Å². The summed E-state index contributed by atoms with van der Waals surface area (Å²) in [4.78, 5) is 8.85. The van der Waals surface area contributed by atoms with Crippen LogP contribution in [0.25, 0.3) is 11.3 Å². The number of anilines is 3. The maximum absolute atomic E-state index is 12.7. The lowest BCUT2D eigenvalue weighted by molar-refractivity contribution is -0.274. The summed E-state index contributed by atoms with van der Waals surface area (Å²) < 4.78 is 42.0. The first kappa shape index (κ1) is 24.9. The normalized spacial score (nSPS) is 12.5. The number of alkyl halides is 3. The molecule has 0 saturated heterocycles. The molecule has 0 aliphatic heterocycles. The van der Waals surface area contributed by atoms with E-state index < -0.39 is 6.36 Å². The Bertz CT molecular complexity index is 1110. The Hall–Kier alpha value is -2.75. The van der Waals surface area contributed by atoms with Gasteiger partial charge in [0.25, 0.3) is 0 Å². The highest BCUT2D eigenvalue weighted by Gasteiger charge is 2.31. The van der Waals surface area contributed by atoms with E-state index in [1.54, 1.807) is 30.3 Å². The molecule has 0 unspecified atom stereocenters. The smallest absolute Gasteiger partial charge is 0.406 e. The summed E-state index contributed by atoms with van der Waals surface area (Å²) in [5.74, 6) is 0.230. The lowest BCUT2D eigenvalue weighted by Gasteiger charge is -2.21. The van der Waals surface area contributed by atoms with Gasteiger partial charge in [-0.15, -0.1) is 13.2 Å². The highest BCUT2D eigenvalue weighted by Crippen LogP contribution is 2.31. The highest BCUT2D eigenvalue weighted by atomic mass is 35.5. The molecule has 11 heteroatoms. The number of aliphatic hydroxyl groups excluding tert-OH is 1. The van der Waals surface area contributed by atoms with E-state index in [2.05, 4.69) is 25.3 Å². The average Bonchev–Trinajstić information content (AvgIpc) is 2.73. The second-order valence-corrected chi connectivity index (χ2v) is 8.28. The van der Waals surface area contributed by atoms with E-state index in [1.165, 1.54) is 18.2 Å². The molecule has 3 N–H and O–H groups in total. The SMILES string of the molecule is CC(C)[C@@H](CO)Nc1nc(Nc2ccc(Cl)c(Cl)c2)cc(-c2cccc(OC(F)(F)F)c2)n1. The lowest BCUT2D eigenvalue weighted by atomic mass is 10.1. The number of aromatic nitrogens is 2. The van der Waals surface area contributed by atoms with Gasteiger partial charge in [-0.2, -0.15) is 4.98 Å². The Morgan fingerprint density at radius 1 is 1.03 bits per heavy atom. The third-order valence-electron chi connectivity index (χ3n) is 4.60. The van der Waals surface area contributed by atoms with Crippen molar-refractivity contribution < 1.29 is 23.0 Å². The summed E-state index contributed by atoms with van der Waals surface area (Å²) in [5, 5.41) is 16.5. The molecule has 0 fully saturated rings. The maximum atomic E-state index is 12.7. The average molecular weight is 501 g/mol. The van der Waals surface area contributed by atoms with Crippen molar-refractivity contribution in [3.63, 3.8) is 0 Å². The van der Waals surface area contributed by atoms with Crippen LogP contribution in [0, 0.1) is 5.92 Å². The standard InChI is InChI=1S/C22H21Cl2F3N4O2/c1-12(2)19(11-32)30-21-29-18(13-4-3-5-15(8-13)33-22(25,26)27)10-20(31-21)28-14-6-7-16(23)17(24)9-14/h3-10,12,19,32H,11H2,1-2H3,(H2,28,29,30,31)/t19-/m1/s1. The van der Waals surface area contributed by atoms with E-state index in [-0.39, 0.29) is 30.3 Å². The van der Waals surface area contributed by atoms with Gasteiger partial charge in [-0.3, -0.25) is 0 Å². The van der Waals surface area contributed by atoms with Crippen molar-refractivity contribution in [3.8, 4) is 17.0 Å². The van der Waals surface area contributed by atoms with E-state index >= 15 is 0 Å². The van der Waals surface area contributed by atoms with Crippen molar-refractivity contribution in [2.45, 2.75) is 26.3 Å². The van der Waals surface area contributed by atoms with Crippen molar-refractivity contribution in [1.82, 2.24) is 9.97 Å². The minimum atomic E-state index is -4.82. The van der Waals surface area contributed by atoms with Gasteiger partial charge in [0, 0.05) is 17.3 Å². The topological polar surface area (TPSA) is 79.3 Å². The second kappa shape index (κ2) is 10.5. The van der Waals surface area contributed by atoms with E-state index in [0.29, 0.717) is 32.8 Å². The van der Waals surface area contributed by atoms with Crippen LogP contribution in [0.2, 0.25) is 10.0 Å². The second-order valence-electron chi connectivity index (χ2n) is 7.47. The molecule has 33 heavy (non-hydrogen) atoms. The molecule has 1 atom stereocenters. The van der Waals surface area contributed by atoms with Crippen molar-refractivity contribution >= 4 is 40.7 Å². The monoisotopic (exact) mass is 500 g/mol. The Morgan fingerprint density at radius 3 is 2.42 bits per heavy atom. The van der Waals surface area contributed by atoms with Gasteiger partial charge in [0.2, 0.25) is 5.95 Å². The highest BCUT2D eigenvalue weighted by molar-refractivity contribution is 6.42. The number of nitrogens with zero attached hydrogens (tertiary/aromatic N) is 2. The Balaban J connectivity index is 2.01. The molecule has 0 saturated carbocycles. The summed E-state index contributed by atoms with van der Waals surface area (Å²) in [6.07, 6.45) is -4.82. The number of halogens is 5. The van der Waals surface area contributed by atoms with Gasteiger partial charge >= 0.3 is 6.36 Å². The fourth-order valence-corrected chi connectivity index (χ4v) is 3.19. The zero-order valence-corrected chi connectivity index (χ0v) is 19.1. The van der Waals surface area contributed by atoms with Crippen molar-refractivity contribution in [1.29, 1.82) is 0 Å². The summed E-state index contributed by atoms with van der Waals surface area (Å²) >= 11 is 12.0. The minimum absolute atomic E-state index is 0.0669. The summed E-state index contributed by atoms with van der Waals surface area (Å²) in [7, 11) is 0. The maximum Gasteiger partial charge on any atom is 0.573 e. The Labute approximate surface area is 198 Å². The predicted molar refractivity (Wildman–Crippen MR) is 123 cm³/mol. The van der Waals surface area contributed by atoms with E-state index in [0.717, 1.165) is 0 Å². The zero-order chi connectivity index (χ0) is 24.2. The van der Waals surface area contributed by atoms with Crippen LogP contribution in [0.3, 0.4) is 0 Å². The van der Waals surface area contributed by atoms with Crippen LogP contribution in [0.5, 0.6) is 5.75 Å². The molecular formula is C22H21Cl2F3N4O2. The van der Waals surface area contributed by atoms with Gasteiger partial charge in [0.15, 0.2) is 0 Å². The fourth-order valence-electron chi connectivity index (χ4n) is 2.89. The number of hydrogen-bond donors (Lipinski definition) is 3. The predicted octanol–water partition coefficient (Wildman–Crippen LogP) is 6.52. The Morgan fingerprint density at radius 2 is 1.79 bits per heavy atom. The Kier molecular flexibility index (Phi) is 7.88. The fraction of sp³-hybridized carbons (Fsp3) is 0.273. The summed E-state index contributed by atoms with van der Waals surface area (Å²) in [6.45, 7) is 3.69. The van der Waals surface area contributed by atoms with Crippen LogP contribution in [-0.4, -0.2) is 34.1 Å². The van der Waals surface area contributed by atoms with Gasteiger partial charge in [0.05, 0.1) is 28.4 Å². The number of aliphatic hydroxyl groups is 1. The molecule has 176 valence electrons. The number of benzene rings is 2. The first-order valence-corrected chi connectivity index (χ1v) is 10.6. The van der Waals surface area contributed by atoms with E-state index in [1.807, 2.05) is 13.8 Å².